The summed E-state index contributed by atoms with van der Waals surface area (Å²) < 4.78 is 11.9. The van der Waals surface area contributed by atoms with Crippen LogP contribution in [0.4, 0.5) is 0 Å². The zero-order valence-electron chi connectivity index (χ0n) is 8.75. The van der Waals surface area contributed by atoms with Crippen molar-refractivity contribution >= 4 is 15.4 Å². The Labute approximate surface area is 81.3 Å². The van der Waals surface area contributed by atoms with Crippen molar-refractivity contribution in [2.75, 3.05) is 12.3 Å². The van der Waals surface area contributed by atoms with Gasteiger partial charge < -0.3 is 0 Å². The Hall–Kier alpha value is -0.0200. The third-order valence-corrected chi connectivity index (χ3v) is 5.83. The van der Waals surface area contributed by atoms with Crippen molar-refractivity contribution in [1.82, 2.24) is 4.90 Å². The molecule has 2 saturated heterocycles. The van der Waals surface area contributed by atoms with Crippen LogP contribution in [-0.2, 0) is 9.52 Å². The first-order chi connectivity index (χ1) is 5.81. The van der Waals surface area contributed by atoms with Crippen LogP contribution in [0.2, 0.25) is 0 Å². The maximum Gasteiger partial charge on any atom is 0.0415 e. The zero-order chi connectivity index (χ0) is 9.85. The number of likely N-dealkylation sites (tertiary alicyclic amines) is 1. The lowest BCUT2D eigenvalue weighted by Gasteiger charge is -2.39. The molecule has 3 heteroatoms. The molecule has 0 aromatic rings. The average molecular weight is 201 g/mol. The predicted octanol–water partition coefficient (Wildman–Crippen LogP) is 0.958. The molecule has 13 heavy (non-hydrogen) atoms. The van der Waals surface area contributed by atoms with Crippen LogP contribution in [0.15, 0.2) is 0 Å². The molecule has 2 bridgehead atoms. The number of nitrogens with zero attached hydrogens (tertiary/aromatic N) is 1. The van der Waals surface area contributed by atoms with Crippen molar-refractivity contribution in [3.63, 3.8) is 0 Å². The van der Waals surface area contributed by atoms with E-state index < -0.39 is 9.52 Å². The Balaban J connectivity index is 2.21. The summed E-state index contributed by atoms with van der Waals surface area (Å²) in [6.07, 6.45) is 1.11. The second-order valence-electron chi connectivity index (χ2n) is 5.37. The van der Waals surface area contributed by atoms with E-state index in [2.05, 4.69) is 31.5 Å². The van der Waals surface area contributed by atoms with Gasteiger partial charge in [0.15, 0.2) is 0 Å². The van der Waals surface area contributed by atoms with Gasteiger partial charge in [0.2, 0.25) is 0 Å². The van der Waals surface area contributed by atoms with Gasteiger partial charge in [0.05, 0.1) is 0 Å². The van der Waals surface area contributed by atoms with E-state index in [0.29, 0.717) is 11.3 Å². The van der Waals surface area contributed by atoms with E-state index in [-0.39, 0.29) is 5.54 Å². The Morgan fingerprint density at radius 1 is 1.46 bits per heavy atom. The van der Waals surface area contributed by atoms with E-state index in [1.807, 2.05) is 0 Å². The summed E-state index contributed by atoms with van der Waals surface area (Å²) in [5.41, 5.74) is 0.232. The summed E-state index contributed by atoms with van der Waals surface area (Å²) in [6, 6.07) is 0.537. The fraction of sp³-hybridized carbons (Fsp3) is 0.900. The summed E-state index contributed by atoms with van der Waals surface area (Å²) in [5.74, 6) is 4.70. The highest BCUT2D eigenvalue weighted by molar-refractivity contribution is 8.01. The maximum absolute atomic E-state index is 11.9. The predicted molar refractivity (Wildman–Crippen MR) is 58.8 cm³/mol. The molecule has 0 amide bonds. The minimum absolute atomic E-state index is 0.232. The van der Waals surface area contributed by atoms with Gasteiger partial charge in [0.1, 0.15) is 0 Å². The number of fused-ring (bicyclic) bond motifs is 2. The van der Waals surface area contributed by atoms with Crippen LogP contribution in [0.5, 0.6) is 0 Å². The Morgan fingerprint density at radius 2 is 2.08 bits per heavy atom. The minimum Gasteiger partial charge on any atom is -0.293 e. The third kappa shape index (κ3) is 1.42. The van der Waals surface area contributed by atoms with Crippen LogP contribution < -0.4 is 0 Å². The van der Waals surface area contributed by atoms with Gasteiger partial charge in [-0.05, 0) is 42.6 Å². The molecule has 3 unspecified atom stereocenters. The van der Waals surface area contributed by atoms with Gasteiger partial charge in [-0.15, -0.1) is 0 Å². The van der Waals surface area contributed by atoms with Crippen molar-refractivity contribution in [3.8, 4) is 0 Å². The molecular weight excluding hydrogens is 182 g/mol. The molecule has 0 N–H and O–H groups in total. The van der Waals surface area contributed by atoms with E-state index in [9.17, 15) is 4.21 Å². The Bertz CT molecular complexity index is 312. The average Bonchev–Trinajstić information content (AvgIpc) is 2.38. The van der Waals surface area contributed by atoms with Crippen molar-refractivity contribution in [3.05, 3.63) is 0 Å². The molecule has 2 aliphatic rings. The second-order valence-corrected chi connectivity index (χ2v) is 8.11. The number of hydrogen-bond acceptors (Lipinski definition) is 2. The molecule has 2 nitrogen and oxygen atoms in total. The van der Waals surface area contributed by atoms with Crippen LogP contribution in [0.3, 0.4) is 0 Å². The lowest BCUT2D eigenvalue weighted by Crippen LogP contribution is -2.50. The van der Waals surface area contributed by atoms with Crippen LogP contribution in [-0.4, -0.2) is 44.1 Å². The van der Waals surface area contributed by atoms with Gasteiger partial charge in [0, 0.05) is 29.1 Å². The zero-order valence-corrected chi connectivity index (χ0v) is 9.56. The highest BCUT2D eigenvalue weighted by Crippen LogP contribution is 2.37. The van der Waals surface area contributed by atoms with E-state index in [1.54, 1.807) is 0 Å². The van der Waals surface area contributed by atoms with Crippen molar-refractivity contribution in [2.24, 2.45) is 0 Å². The minimum atomic E-state index is -1.72. The molecule has 0 spiro atoms. The first-order valence-electron chi connectivity index (χ1n) is 4.91. The SMILES string of the molecule is C=S1(=O)CC2CC1CN2C(C)(C)C. The van der Waals surface area contributed by atoms with Gasteiger partial charge in [-0.2, -0.15) is 0 Å². The van der Waals surface area contributed by atoms with Gasteiger partial charge in [-0.3, -0.25) is 9.11 Å². The standard InChI is InChI=1S/C10H19NOS/c1-10(2,3)11-6-9-5-8(11)7-13(9,4)12/h8-9H,4-7H2,1-3H3. The third-order valence-electron chi connectivity index (χ3n) is 3.32. The molecule has 2 aliphatic heterocycles. The first-order valence-corrected chi connectivity index (χ1v) is 6.87. The monoisotopic (exact) mass is 201 g/mol. The largest absolute Gasteiger partial charge is 0.293 e. The molecule has 0 aromatic carbocycles. The lowest BCUT2D eigenvalue weighted by atomic mass is 10.1. The molecule has 0 saturated carbocycles. The quantitative estimate of drug-likeness (QED) is 0.544. The molecule has 2 heterocycles. The van der Waals surface area contributed by atoms with Crippen molar-refractivity contribution in [2.45, 2.75) is 44.0 Å². The number of rotatable bonds is 0. The van der Waals surface area contributed by atoms with Crippen LogP contribution >= 0.6 is 0 Å². The molecule has 0 aliphatic carbocycles. The second kappa shape index (κ2) is 2.51. The summed E-state index contributed by atoms with van der Waals surface area (Å²) in [7, 11) is -1.72. The first kappa shape index (κ1) is 9.53. The van der Waals surface area contributed by atoms with Gasteiger partial charge >= 0.3 is 0 Å². The molecule has 2 fully saturated rings. The summed E-state index contributed by atoms with van der Waals surface area (Å²) in [6.45, 7) is 7.70. The lowest BCUT2D eigenvalue weighted by molar-refractivity contribution is 0.130. The van der Waals surface area contributed by atoms with Gasteiger partial charge in [-0.1, -0.05) is 0 Å². The normalized spacial score (nSPS) is 45.8. The van der Waals surface area contributed by atoms with Crippen molar-refractivity contribution in [1.29, 1.82) is 0 Å². The van der Waals surface area contributed by atoms with Crippen LogP contribution in [0.1, 0.15) is 27.2 Å². The topological polar surface area (TPSA) is 20.3 Å². The molecule has 76 valence electrons. The van der Waals surface area contributed by atoms with Gasteiger partial charge in [-0.25, -0.2) is 0 Å². The highest BCUT2D eigenvalue weighted by Gasteiger charge is 2.47. The van der Waals surface area contributed by atoms with E-state index in [4.69, 9.17) is 0 Å². The van der Waals surface area contributed by atoms with Crippen LogP contribution in [0, 0.1) is 0 Å². The molecular formula is C10H19NOS. The molecule has 0 aromatic heterocycles. The van der Waals surface area contributed by atoms with E-state index in [1.165, 1.54) is 0 Å². The summed E-state index contributed by atoms with van der Waals surface area (Å²) >= 11 is 0. The summed E-state index contributed by atoms with van der Waals surface area (Å²) in [5, 5.41) is 0.372. The van der Waals surface area contributed by atoms with E-state index in [0.717, 1.165) is 18.7 Å². The summed E-state index contributed by atoms with van der Waals surface area (Å²) in [4.78, 5) is 2.49. The highest BCUT2D eigenvalue weighted by atomic mass is 32.2. The van der Waals surface area contributed by atoms with E-state index >= 15 is 0 Å². The number of hydrogen-bond donors (Lipinski definition) is 0. The molecule has 0 radical (unpaired) electrons. The van der Waals surface area contributed by atoms with Gasteiger partial charge in [0.25, 0.3) is 0 Å². The fourth-order valence-electron chi connectivity index (χ4n) is 2.63. The molecule has 2 rings (SSSR count). The molecule has 3 atom stereocenters. The smallest absolute Gasteiger partial charge is 0.0415 e. The van der Waals surface area contributed by atoms with Crippen molar-refractivity contribution < 1.29 is 4.21 Å². The Morgan fingerprint density at radius 3 is 2.38 bits per heavy atom. The maximum atomic E-state index is 11.9. The van der Waals surface area contributed by atoms with Crippen LogP contribution in [0.25, 0.3) is 0 Å². The fourth-order valence-corrected chi connectivity index (χ4v) is 4.87. The Kier molecular flexibility index (Phi) is 1.84.